The van der Waals surface area contributed by atoms with Gasteiger partial charge in [-0.1, -0.05) is 0 Å². The minimum atomic E-state index is -2.13. The first-order chi connectivity index (χ1) is 12.1. The lowest BCUT2D eigenvalue weighted by Crippen LogP contribution is -2.50. The van der Waals surface area contributed by atoms with Crippen molar-refractivity contribution in [2.24, 2.45) is 5.73 Å². The van der Waals surface area contributed by atoms with Gasteiger partial charge in [-0.2, -0.15) is 0 Å². The summed E-state index contributed by atoms with van der Waals surface area (Å²) < 4.78 is 6.17. The number of amides is 2. The van der Waals surface area contributed by atoms with Gasteiger partial charge >= 0.3 is 5.69 Å². The first kappa shape index (κ1) is 19.7. The molecule has 1 aromatic heterocycles. The number of nitrogens with two attached hydrogens (primary N) is 1. The van der Waals surface area contributed by atoms with Crippen LogP contribution in [0.2, 0.25) is 0 Å². The fourth-order valence-electron chi connectivity index (χ4n) is 2.36. The summed E-state index contributed by atoms with van der Waals surface area (Å²) >= 11 is 0. The van der Waals surface area contributed by atoms with Gasteiger partial charge in [0.25, 0.3) is 11.5 Å². The number of nitrogens with zero attached hydrogens (tertiary/aromatic N) is 1. The quantitative estimate of drug-likeness (QED) is 0.252. The Bertz CT molecular complexity index is 790. The second kappa shape index (κ2) is 7.76. The number of hydrogen-bond donors (Lipinski definition) is 7. The number of aliphatic hydroxyl groups is 4. The van der Waals surface area contributed by atoms with Crippen LogP contribution in [0, 0.1) is 0 Å². The van der Waals surface area contributed by atoms with Crippen LogP contribution in [0.15, 0.2) is 21.9 Å². The number of ether oxygens (including phenoxy) is 1. The van der Waals surface area contributed by atoms with E-state index in [2.05, 4.69) is 5.32 Å². The summed E-state index contributed by atoms with van der Waals surface area (Å²) in [5, 5.41) is 40.8. The maximum absolute atomic E-state index is 11.7. The van der Waals surface area contributed by atoms with Crippen LogP contribution >= 0.6 is 0 Å². The van der Waals surface area contributed by atoms with Crippen molar-refractivity contribution in [2.45, 2.75) is 36.7 Å². The molecule has 2 amide bonds. The van der Waals surface area contributed by atoms with Gasteiger partial charge in [0.05, 0.1) is 0 Å². The van der Waals surface area contributed by atoms with Crippen molar-refractivity contribution in [1.29, 1.82) is 0 Å². The Morgan fingerprint density at radius 1 is 1.27 bits per heavy atom. The Labute approximate surface area is 144 Å². The van der Waals surface area contributed by atoms with Crippen molar-refractivity contribution < 1.29 is 34.8 Å². The third-order valence-electron chi connectivity index (χ3n) is 3.80. The summed E-state index contributed by atoms with van der Waals surface area (Å²) in [6.07, 6.45) is -8.78. The number of hydrogen-bond acceptors (Lipinski definition) is 9. The van der Waals surface area contributed by atoms with Crippen LogP contribution in [0.5, 0.6) is 0 Å². The highest BCUT2D eigenvalue weighted by Gasteiger charge is 2.44. The molecule has 2 heterocycles. The zero-order valence-electron chi connectivity index (χ0n) is 13.2. The summed E-state index contributed by atoms with van der Waals surface area (Å²) in [5.41, 5.74) is 3.22. The molecule has 0 unspecified atom stereocenters. The summed E-state index contributed by atoms with van der Waals surface area (Å²) in [7, 11) is 0. The van der Waals surface area contributed by atoms with Crippen molar-refractivity contribution in [1.82, 2.24) is 14.9 Å². The van der Waals surface area contributed by atoms with Gasteiger partial charge < -0.3 is 36.2 Å². The lowest BCUT2D eigenvalue weighted by atomic mass is 10.1. The number of aliphatic hydroxyl groups excluding tert-OH is 4. The molecule has 13 heteroatoms. The fourth-order valence-corrected chi connectivity index (χ4v) is 2.36. The molecule has 0 aliphatic carbocycles. The van der Waals surface area contributed by atoms with E-state index in [9.17, 15) is 39.6 Å². The SMILES string of the molecule is NC(=O)[C@H](O)[C@@H](O)C(=O)NC[C@H]1O[C@@H](n2ccc(=O)[nH]c2=O)[C@H](O)[C@@H]1O. The van der Waals surface area contributed by atoms with Gasteiger partial charge in [-0.05, 0) is 0 Å². The molecule has 0 saturated carbocycles. The van der Waals surface area contributed by atoms with E-state index in [1.165, 1.54) is 0 Å². The molecule has 1 aliphatic rings. The lowest BCUT2D eigenvalue weighted by molar-refractivity contribution is -0.144. The highest BCUT2D eigenvalue weighted by molar-refractivity contribution is 5.89. The van der Waals surface area contributed by atoms with Crippen LogP contribution < -0.4 is 22.3 Å². The molecule has 144 valence electrons. The predicted octanol–water partition coefficient (Wildman–Crippen LogP) is -5.52. The molecule has 1 aliphatic heterocycles. The molecule has 1 aromatic rings. The van der Waals surface area contributed by atoms with Gasteiger partial charge in [0.1, 0.15) is 18.3 Å². The number of aromatic nitrogens is 2. The van der Waals surface area contributed by atoms with Gasteiger partial charge in [0.2, 0.25) is 5.91 Å². The van der Waals surface area contributed by atoms with Crippen LogP contribution in [0.3, 0.4) is 0 Å². The highest BCUT2D eigenvalue weighted by atomic mass is 16.6. The van der Waals surface area contributed by atoms with Gasteiger partial charge in [-0.25, -0.2) is 4.79 Å². The number of H-pyrrole nitrogens is 1. The van der Waals surface area contributed by atoms with Crippen molar-refractivity contribution in [2.75, 3.05) is 6.54 Å². The average Bonchev–Trinajstić information content (AvgIpc) is 2.86. The molecule has 0 bridgehead atoms. The van der Waals surface area contributed by atoms with E-state index in [-0.39, 0.29) is 0 Å². The smallest absolute Gasteiger partial charge is 0.330 e. The monoisotopic (exact) mass is 374 g/mol. The molecular weight excluding hydrogens is 356 g/mol. The molecule has 26 heavy (non-hydrogen) atoms. The number of rotatable bonds is 6. The maximum atomic E-state index is 11.7. The molecular formula is C13H18N4O9. The molecule has 1 saturated heterocycles. The van der Waals surface area contributed by atoms with Crippen molar-refractivity contribution in [3.05, 3.63) is 33.1 Å². The Morgan fingerprint density at radius 2 is 1.92 bits per heavy atom. The van der Waals surface area contributed by atoms with Crippen molar-refractivity contribution >= 4 is 11.8 Å². The van der Waals surface area contributed by atoms with Gasteiger partial charge in [0.15, 0.2) is 18.4 Å². The molecule has 0 spiro atoms. The van der Waals surface area contributed by atoms with E-state index in [1.54, 1.807) is 0 Å². The average molecular weight is 374 g/mol. The summed E-state index contributed by atoms with van der Waals surface area (Å²) in [6.45, 7) is -0.422. The number of carbonyl (C=O) groups excluding carboxylic acids is 2. The van der Waals surface area contributed by atoms with E-state index in [0.29, 0.717) is 0 Å². The molecule has 0 radical (unpaired) electrons. The third kappa shape index (κ3) is 3.97. The second-order valence-corrected chi connectivity index (χ2v) is 5.60. The summed E-state index contributed by atoms with van der Waals surface area (Å²) in [6, 6.07) is 1.01. The van der Waals surface area contributed by atoms with Crippen LogP contribution in [0.1, 0.15) is 6.23 Å². The number of primary amides is 1. The van der Waals surface area contributed by atoms with E-state index in [1.807, 2.05) is 4.98 Å². The molecule has 2 rings (SSSR count). The number of nitrogens with one attached hydrogen (secondary N) is 2. The maximum Gasteiger partial charge on any atom is 0.330 e. The predicted molar refractivity (Wildman–Crippen MR) is 81.5 cm³/mol. The minimum absolute atomic E-state index is 0.422. The number of aromatic amines is 1. The van der Waals surface area contributed by atoms with Gasteiger partial charge in [-0.3, -0.25) is 23.9 Å². The Balaban J connectivity index is 2.03. The Kier molecular flexibility index (Phi) is 5.89. The fraction of sp³-hybridized carbons (Fsp3) is 0.538. The van der Waals surface area contributed by atoms with Gasteiger partial charge in [-0.15, -0.1) is 0 Å². The zero-order valence-corrected chi connectivity index (χ0v) is 13.2. The normalized spacial score (nSPS) is 27.7. The van der Waals surface area contributed by atoms with Crippen LogP contribution in [0.4, 0.5) is 0 Å². The lowest BCUT2D eigenvalue weighted by Gasteiger charge is -2.18. The molecule has 8 N–H and O–H groups in total. The van der Waals surface area contributed by atoms with Crippen LogP contribution in [0.25, 0.3) is 0 Å². The van der Waals surface area contributed by atoms with E-state index < -0.39 is 66.4 Å². The molecule has 6 atom stereocenters. The second-order valence-electron chi connectivity index (χ2n) is 5.60. The molecule has 13 nitrogen and oxygen atoms in total. The highest BCUT2D eigenvalue weighted by Crippen LogP contribution is 2.27. The van der Waals surface area contributed by atoms with Crippen LogP contribution in [-0.4, -0.2) is 78.9 Å². The minimum Gasteiger partial charge on any atom is -0.387 e. The Hall–Kier alpha value is -2.58. The number of carbonyl (C=O) groups is 2. The largest absolute Gasteiger partial charge is 0.387 e. The Morgan fingerprint density at radius 3 is 2.50 bits per heavy atom. The van der Waals surface area contributed by atoms with E-state index >= 15 is 0 Å². The zero-order chi connectivity index (χ0) is 19.6. The first-order valence-corrected chi connectivity index (χ1v) is 7.39. The van der Waals surface area contributed by atoms with E-state index in [4.69, 9.17) is 10.5 Å². The summed E-state index contributed by atoms with van der Waals surface area (Å²) in [5.74, 6) is -2.47. The standard InChI is InChI=1S/C13H18N4O9/c14-10(23)7(20)8(21)11(24)15-3-4-6(19)9(22)12(26-4)17-2-1-5(18)16-13(17)25/h1-2,4,6-9,12,19-22H,3H2,(H2,14,23)(H,15,24)(H,16,18,25)/t4-,6-,7-,8-,9-,12-/m1/s1. The topological polar surface area (TPSA) is 217 Å². The first-order valence-electron chi connectivity index (χ1n) is 7.39. The van der Waals surface area contributed by atoms with Crippen molar-refractivity contribution in [3.8, 4) is 0 Å². The molecule has 0 aromatic carbocycles. The molecule has 1 fully saturated rings. The van der Waals surface area contributed by atoms with Gasteiger partial charge in [0, 0.05) is 18.8 Å². The van der Waals surface area contributed by atoms with Crippen LogP contribution in [-0.2, 0) is 14.3 Å². The van der Waals surface area contributed by atoms with E-state index in [0.717, 1.165) is 16.8 Å². The third-order valence-corrected chi connectivity index (χ3v) is 3.80. The summed E-state index contributed by atoms with van der Waals surface area (Å²) in [4.78, 5) is 47.2. The van der Waals surface area contributed by atoms with Crippen molar-refractivity contribution in [3.63, 3.8) is 0 Å².